The van der Waals surface area contributed by atoms with E-state index in [9.17, 15) is 9.59 Å². The normalized spacial score (nSPS) is 13.7. The van der Waals surface area contributed by atoms with E-state index < -0.39 is 0 Å². The highest BCUT2D eigenvalue weighted by Crippen LogP contribution is 2.39. The van der Waals surface area contributed by atoms with Gasteiger partial charge in [0, 0.05) is 23.9 Å². The highest BCUT2D eigenvalue weighted by atomic mass is 16.3. The molecule has 1 aliphatic rings. The average Bonchev–Trinajstić information content (AvgIpc) is 3.20. The van der Waals surface area contributed by atoms with Crippen molar-refractivity contribution in [2.45, 2.75) is 25.2 Å². The number of aromatic amines is 2. The molecule has 0 unspecified atom stereocenters. The van der Waals surface area contributed by atoms with Crippen LogP contribution in [-0.2, 0) is 11.2 Å². The number of carbonyl (C=O) groups excluding carboxylic acids is 1. The zero-order valence-corrected chi connectivity index (χ0v) is 15.0. The molecule has 0 aliphatic heterocycles. The van der Waals surface area contributed by atoms with Crippen LogP contribution in [0.3, 0.4) is 0 Å². The number of hydrogen-bond acceptors (Lipinski definition) is 4. The molecule has 3 N–H and O–H groups in total. The Morgan fingerprint density at radius 2 is 2.07 bits per heavy atom. The van der Waals surface area contributed by atoms with Crippen molar-refractivity contribution in [2.75, 3.05) is 5.32 Å². The lowest BCUT2D eigenvalue weighted by molar-refractivity contribution is -0.115. The van der Waals surface area contributed by atoms with E-state index in [1.807, 2.05) is 24.3 Å². The Bertz CT molecular complexity index is 1220. The summed E-state index contributed by atoms with van der Waals surface area (Å²) < 4.78 is 5.98. The van der Waals surface area contributed by atoms with Gasteiger partial charge in [0.2, 0.25) is 5.91 Å². The molecular formula is C21H18N4O3. The zero-order valence-electron chi connectivity index (χ0n) is 15.0. The fraction of sp³-hybridized carbons (Fsp3) is 0.190. The van der Waals surface area contributed by atoms with Gasteiger partial charge in [-0.3, -0.25) is 14.7 Å². The van der Waals surface area contributed by atoms with E-state index in [0.717, 1.165) is 18.5 Å². The number of H-pyrrole nitrogens is 2. The molecule has 7 heteroatoms. The molecule has 7 nitrogen and oxygen atoms in total. The summed E-state index contributed by atoms with van der Waals surface area (Å²) in [7, 11) is 0. The third-order valence-corrected chi connectivity index (χ3v) is 4.95. The predicted octanol–water partition coefficient (Wildman–Crippen LogP) is 3.57. The fourth-order valence-electron chi connectivity index (χ4n) is 3.38. The minimum Gasteiger partial charge on any atom is -0.454 e. The molecule has 0 radical (unpaired) electrons. The van der Waals surface area contributed by atoms with Crippen molar-refractivity contribution >= 4 is 22.7 Å². The molecule has 1 aliphatic carbocycles. The molecule has 140 valence electrons. The van der Waals surface area contributed by atoms with E-state index in [2.05, 4.69) is 20.5 Å². The van der Waals surface area contributed by atoms with Crippen molar-refractivity contribution in [3.8, 4) is 11.5 Å². The highest BCUT2D eigenvalue weighted by molar-refractivity contribution is 5.93. The first-order valence-corrected chi connectivity index (χ1v) is 9.22. The lowest BCUT2D eigenvalue weighted by Gasteiger charge is -2.09. The van der Waals surface area contributed by atoms with Gasteiger partial charge >= 0.3 is 0 Å². The first kappa shape index (κ1) is 16.6. The van der Waals surface area contributed by atoms with E-state index >= 15 is 0 Å². The van der Waals surface area contributed by atoms with Gasteiger partial charge in [-0.25, -0.2) is 0 Å². The molecule has 1 saturated carbocycles. The van der Waals surface area contributed by atoms with Crippen molar-refractivity contribution in [2.24, 2.45) is 0 Å². The second-order valence-electron chi connectivity index (χ2n) is 7.03. The van der Waals surface area contributed by atoms with Crippen LogP contribution >= 0.6 is 0 Å². The highest BCUT2D eigenvalue weighted by Gasteiger charge is 2.26. The van der Waals surface area contributed by atoms with E-state index in [-0.39, 0.29) is 17.8 Å². The lowest BCUT2D eigenvalue weighted by atomic mass is 10.0. The summed E-state index contributed by atoms with van der Waals surface area (Å²) in [6.07, 6.45) is 3.94. The molecule has 3 aromatic heterocycles. The van der Waals surface area contributed by atoms with Crippen LogP contribution in [-0.4, -0.2) is 21.1 Å². The van der Waals surface area contributed by atoms with Gasteiger partial charge in [0.25, 0.3) is 0 Å². The van der Waals surface area contributed by atoms with Gasteiger partial charge in [-0.05, 0) is 37.1 Å². The smallest absolute Gasteiger partial charge is 0.230 e. The van der Waals surface area contributed by atoms with E-state index in [0.29, 0.717) is 39.7 Å². The molecule has 0 bridgehead atoms. The van der Waals surface area contributed by atoms with Crippen LogP contribution in [0.15, 0.2) is 57.9 Å². The maximum atomic E-state index is 13.1. The Morgan fingerprint density at radius 1 is 1.21 bits per heavy atom. The Morgan fingerprint density at radius 3 is 2.86 bits per heavy atom. The zero-order chi connectivity index (χ0) is 19.1. The van der Waals surface area contributed by atoms with Gasteiger partial charge in [-0.1, -0.05) is 12.1 Å². The van der Waals surface area contributed by atoms with Gasteiger partial charge in [-0.15, -0.1) is 0 Å². The topological polar surface area (TPSA) is 104 Å². The van der Waals surface area contributed by atoms with Crippen LogP contribution in [0.1, 0.15) is 30.0 Å². The number of rotatable bonds is 5. The summed E-state index contributed by atoms with van der Waals surface area (Å²) in [6, 6.07) is 12.5. The van der Waals surface area contributed by atoms with E-state index in [4.69, 9.17) is 4.42 Å². The third-order valence-electron chi connectivity index (χ3n) is 4.95. The van der Waals surface area contributed by atoms with Crippen molar-refractivity contribution in [1.29, 1.82) is 0 Å². The second-order valence-corrected chi connectivity index (χ2v) is 7.03. The van der Waals surface area contributed by atoms with E-state index in [1.165, 1.54) is 0 Å². The molecule has 1 aromatic carbocycles. The predicted molar refractivity (Wildman–Crippen MR) is 105 cm³/mol. The molecule has 3 heterocycles. The van der Waals surface area contributed by atoms with Crippen molar-refractivity contribution in [3.63, 3.8) is 0 Å². The number of nitrogens with zero attached hydrogens (tertiary/aromatic N) is 1. The Kier molecular flexibility index (Phi) is 3.86. The van der Waals surface area contributed by atoms with E-state index in [1.54, 1.807) is 24.4 Å². The number of benzene rings is 1. The number of nitrogens with one attached hydrogen (secondary N) is 3. The fourth-order valence-corrected chi connectivity index (χ4v) is 3.38. The minimum absolute atomic E-state index is 0.104. The summed E-state index contributed by atoms with van der Waals surface area (Å²) in [5.74, 6) is 1.05. The van der Waals surface area contributed by atoms with Crippen LogP contribution in [0, 0.1) is 0 Å². The van der Waals surface area contributed by atoms with Crippen molar-refractivity contribution in [3.05, 3.63) is 70.1 Å². The van der Waals surface area contributed by atoms with Crippen LogP contribution < -0.4 is 10.7 Å². The van der Waals surface area contributed by atoms with Gasteiger partial charge in [-0.2, -0.15) is 5.10 Å². The standard InChI is InChI=1S/C21H18N4O3/c26-19(23-18-11-16(24-25-18)12-7-8-12)10-14-20(27)13-4-1-2-6-17(13)28-21(14)15-5-3-9-22-15/h1-6,9,11-12,22H,7-8,10H2,(H2,23,24,25,26). The molecule has 4 aromatic rings. The largest absolute Gasteiger partial charge is 0.454 e. The monoisotopic (exact) mass is 374 g/mol. The maximum absolute atomic E-state index is 13.1. The molecule has 1 amide bonds. The SMILES string of the molecule is O=C(Cc1c(-c2ccc[nH]2)oc2ccccc2c1=O)Nc1cc(C2CC2)[nH]n1. The molecule has 0 saturated heterocycles. The number of anilines is 1. The van der Waals surface area contributed by atoms with Gasteiger partial charge in [0.15, 0.2) is 17.0 Å². The summed E-state index contributed by atoms with van der Waals surface area (Å²) in [6.45, 7) is 0. The maximum Gasteiger partial charge on any atom is 0.230 e. The van der Waals surface area contributed by atoms with Crippen LogP contribution in [0.5, 0.6) is 0 Å². The first-order valence-electron chi connectivity index (χ1n) is 9.22. The molecular weight excluding hydrogens is 356 g/mol. The molecule has 0 spiro atoms. The number of fused-ring (bicyclic) bond motifs is 1. The Hall–Kier alpha value is -3.61. The van der Waals surface area contributed by atoms with Gasteiger partial charge in [0.1, 0.15) is 5.58 Å². The second kappa shape index (κ2) is 6.53. The quantitative estimate of drug-likeness (QED) is 0.497. The summed E-state index contributed by atoms with van der Waals surface area (Å²) in [5.41, 5.74) is 2.29. The third kappa shape index (κ3) is 3.00. The van der Waals surface area contributed by atoms with Crippen LogP contribution in [0.25, 0.3) is 22.4 Å². The minimum atomic E-state index is -0.316. The van der Waals surface area contributed by atoms with Gasteiger partial charge < -0.3 is 14.7 Å². The molecule has 0 atom stereocenters. The summed E-state index contributed by atoms with van der Waals surface area (Å²) in [4.78, 5) is 28.7. The van der Waals surface area contributed by atoms with Gasteiger partial charge in [0.05, 0.1) is 23.1 Å². The van der Waals surface area contributed by atoms with Crippen molar-refractivity contribution in [1.82, 2.24) is 15.2 Å². The Labute approximate surface area is 159 Å². The first-order chi connectivity index (χ1) is 13.7. The number of carbonyl (C=O) groups is 1. The number of hydrogen-bond donors (Lipinski definition) is 3. The molecule has 5 rings (SSSR count). The average molecular weight is 374 g/mol. The van der Waals surface area contributed by atoms with Crippen molar-refractivity contribution < 1.29 is 9.21 Å². The number of para-hydroxylation sites is 1. The summed E-state index contributed by atoms with van der Waals surface area (Å²) in [5, 5.41) is 10.3. The number of aromatic nitrogens is 3. The lowest BCUT2D eigenvalue weighted by Crippen LogP contribution is -2.21. The Balaban J connectivity index is 1.49. The number of amides is 1. The summed E-state index contributed by atoms with van der Waals surface area (Å²) >= 11 is 0. The molecule has 28 heavy (non-hydrogen) atoms. The van der Waals surface area contributed by atoms with Crippen LogP contribution in [0.4, 0.5) is 5.82 Å². The molecule has 1 fully saturated rings. The van der Waals surface area contributed by atoms with Crippen LogP contribution in [0.2, 0.25) is 0 Å².